The van der Waals surface area contributed by atoms with E-state index < -0.39 is 35.1 Å². The lowest BCUT2D eigenvalue weighted by Gasteiger charge is -2.09. The van der Waals surface area contributed by atoms with Gasteiger partial charge in [-0.25, -0.2) is 8.42 Å². The molecule has 23 heavy (non-hydrogen) atoms. The maximum absolute atomic E-state index is 12.1. The highest BCUT2D eigenvalue weighted by Gasteiger charge is 2.17. The molecule has 124 valence electrons. The van der Waals surface area contributed by atoms with E-state index in [1.54, 1.807) is 13.0 Å². The number of esters is 1. The van der Waals surface area contributed by atoms with Crippen molar-refractivity contribution in [2.45, 2.75) is 18.7 Å². The molecule has 1 amide bonds. The molecule has 0 aromatic heterocycles. The monoisotopic (exact) mass is 338 g/mol. The third-order valence-corrected chi connectivity index (χ3v) is 4.35. The van der Waals surface area contributed by atoms with Crippen molar-refractivity contribution in [3.05, 3.63) is 29.3 Å². The van der Waals surface area contributed by atoms with E-state index in [1.807, 2.05) is 6.92 Å². The van der Waals surface area contributed by atoms with Gasteiger partial charge in [-0.05, 0) is 37.1 Å². The number of carbonyl (C=O) groups is 2. The Labute approximate surface area is 135 Å². The minimum atomic E-state index is -3.83. The second-order valence-electron chi connectivity index (χ2n) is 4.71. The molecule has 0 saturated heterocycles. The minimum Gasteiger partial charge on any atom is -0.455 e. The van der Waals surface area contributed by atoms with E-state index in [-0.39, 0.29) is 11.4 Å². The summed E-state index contributed by atoms with van der Waals surface area (Å²) in [6.07, 6.45) is 4.95. The summed E-state index contributed by atoms with van der Waals surface area (Å²) >= 11 is 0. The Morgan fingerprint density at radius 1 is 1.26 bits per heavy atom. The van der Waals surface area contributed by atoms with Crippen molar-refractivity contribution in [1.82, 2.24) is 10.0 Å². The second-order valence-corrected chi connectivity index (χ2v) is 6.48. The van der Waals surface area contributed by atoms with Crippen LogP contribution in [0.25, 0.3) is 0 Å². The SMILES string of the molecule is C#CCNC(=O)COC(=O)CNS(=O)(=O)c1ccc(C)c(C)c1. The number of benzene rings is 1. The number of nitrogens with one attached hydrogen (secondary N) is 2. The van der Waals surface area contributed by atoms with Gasteiger partial charge in [0.15, 0.2) is 6.61 Å². The van der Waals surface area contributed by atoms with E-state index in [0.717, 1.165) is 11.1 Å². The first kappa shape index (κ1) is 18.7. The predicted molar refractivity (Wildman–Crippen MR) is 83.9 cm³/mol. The third kappa shape index (κ3) is 6.10. The molecule has 1 aromatic carbocycles. The molecule has 0 radical (unpaired) electrons. The Bertz CT molecular complexity index is 735. The molecule has 8 heteroatoms. The fraction of sp³-hybridized carbons (Fsp3) is 0.333. The number of aryl methyl sites for hydroxylation is 2. The first-order chi connectivity index (χ1) is 10.8. The van der Waals surface area contributed by atoms with Gasteiger partial charge in [-0.3, -0.25) is 9.59 Å². The molecule has 1 aromatic rings. The molecular weight excluding hydrogens is 320 g/mol. The van der Waals surface area contributed by atoms with Crippen LogP contribution >= 0.6 is 0 Å². The molecule has 0 aliphatic carbocycles. The lowest BCUT2D eigenvalue weighted by Crippen LogP contribution is -2.34. The van der Waals surface area contributed by atoms with Gasteiger partial charge in [-0.15, -0.1) is 6.42 Å². The maximum atomic E-state index is 12.1. The summed E-state index contributed by atoms with van der Waals surface area (Å²) in [4.78, 5) is 22.7. The number of hydrogen-bond acceptors (Lipinski definition) is 5. The first-order valence-electron chi connectivity index (χ1n) is 6.69. The molecule has 7 nitrogen and oxygen atoms in total. The van der Waals surface area contributed by atoms with Crippen molar-refractivity contribution in [1.29, 1.82) is 0 Å². The standard InChI is InChI=1S/C15H18N2O5S/c1-4-7-16-14(18)10-22-15(19)9-17-23(20,21)13-6-5-11(2)12(3)8-13/h1,5-6,8,17H,7,9-10H2,2-3H3,(H,16,18). The zero-order valence-electron chi connectivity index (χ0n) is 12.9. The molecule has 0 spiro atoms. The molecular formula is C15H18N2O5S. The van der Waals surface area contributed by atoms with Gasteiger partial charge in [0.25, 0.3) is 5.91 Å². The van der Waals surface area contributed by atoms with Crippen LogP contribution in [0.2, 0.25) is 0 Å². The van der Waals surface area contributed by atoms with Gasteiger partial charge >= 0.3 is 5.97 Å². The molecule has 0 saturated carbocycles. The zero-order chi connectivity index (χ0) is 17.5. The van der Waals surface area contributed by atoms with Crippen LogP contribution < -0.4 is 10.0 Å². The Balaban J connectivity index is 2.53. The van der Waals surface area contributed by atoms with E-state index in [0.29, 0.717) is 0 Å². The first-order valence-corrected chi connectivity index (χ1v) is 8.17. The largest absolute Gasteiger partial charge is 0.455 e. The van der Waals surface area contributed by atoms with Gasteiger partial charge in [0.1, 0.15) is 6.54 Å². The van der Waals surface area contributed by atoms with Crippen molar-refractivity contribution in [2.24, 2.45) is 0 Å². The fourth-order valence-corrected chi connectivity index (χ4v) is 2.57. The van der Waals surface area contributed by atoms with Gasteiger partial charge in [0, 0.05) is 0 Å². The second kappa shape index (κ2) is 8.31. The van der Waals surface area contributed by atoms with Crippen LogP contribution in [-0.4, -0.2) is 40.0 Å². The Hall–Kier alpha value is -2.37. The van der Waals surface area contributed by atoms with Crippen LogP contribution in [0.1, 0.15) is 11.1 Å². The van der Waals surface area contributed by atoms with E-state index in [4.69, 9.17) is 6.42 Å². The molecule has 0 bridgehead atoms. The van der Waals surface area contributed by atoms with E-state index in [2.05, 4.69) is 20.7 Å². The highest BCUT2D eigenvalue weighted by atomic mass is 32.2. The third-order valence-electron chi connectivity index (χ3n) is 2.95. The number of carbonyl (C=O) groups excluding carboxylic acids is 2. The zero-order valence-corrected chi connectivity index (χ0v) is 13.7. The summed E-state index contributed by atoms with van der Waals surface area (Å²) in [6.45, 7) is 2.58. The molecule has 0 aliphatic heterocycles. The van der Waals surface area contributed by atoms with Crippen LogP contribution in [0.3, 0.4) is 0 Å². The van der Waals surface area contributed by atoms with Gasteiger partial charge < -0.3 is 10.1 Å². The number of hydrogen-bond donors (Lipinski definition) is 2. The van der Waals surface area contributed by atoms with Crippen molar-refractivity contribution in [2.75, 3.05) is 19.7 Å². The smallest absolute Gasteiger partial charge is 0.321 e. The molecule has 0 aliphatic rings. The molecule has 2 N–H and O–H groups in total. The number of rotatable bonds is 7. The quantitative estimate of drug-likeness (QED) is 0.533. The van der Waals surface area contributed by atoms with E-state index >= 15 is 0 Å². The fourth-order valence-electron chi connectivity index (χ4n) is 1.52. The van der Waals surface area contributed by atoms with Crippen molar-refractivity contribution < 1.29 is 22.7 Å². The molecule has 0 unspecified atom stereocenters. The van der Waals surface area contributed by atoms with Crippen LogP contribution in [0.15, 0.2) is 23.1 Å². The normalized spacial score (nSPS) is 10.7. The molecule has 0 heterocycles. The van der Waals surface area contributed by atoms with E-state index in [9.17, 15) is 18.0 Å². The summed E-state index contributed by atoms with van der Waals surface area (Å²) < 4.78 is 30.9. The Morgan fingerprint density at radius 2 is 1.96 bits per heavy atom. The molecule has 0 fully saturated rings. The lowest BCUT2D eigenvalue weighted by molar-refractivity contribution is -0.147. The van der Waals surface area contributed by atoms with Gasteiger partial charge in [0.05, 0.1) is 11.4 Å². The summed E-state index contributed by atoms with van der Waals surface area (Å²) in [5, 5.41) is 2.31. The van der Waals surface area contributed by atoms with Crippen molar-refractivity contribution in [3.63, 3.8) is 0 Å². The Kier molecular flexibility index (Phi) is 6.75. The van der Waals surface area contributed by atoms with Gasteiger partial charge in [-0.1, -0.05) is 12.0 Å². The summed E-state index contributed by atoms with van der Waals surface area (Å²) in [7, 11) is -3.83. The van der Waals surface area contributed by atoms with Crippen molar-refractivity contribution in [3.8, 4) is 12.3 Å². The van der Waals surface area contributed by atoms with E-state index in [1.165, 1.54) is 12.1 Å². The number of terminal acetylenes is 1. The lowest BCUT2D eigenvalue weighted by atomic mass is 10.1. The van der Waals surface area contributed by atoms with Crippen LogP contribution in [-0.2, 0) is 24.3 Å². The van der Waals surface area contributed by atoms with Gasteiger partial charge in [0.2, 0.25) is 10.0 Å². The highest BCUT2D eigenvalue weighted by Crippen LogP contribution is 2.14. The summed E-state index contributed by atoms with van der Waals surface area (Å²) in [5.74, 6) is 0.765. The number of amides is 1. The number of ether oxygens (including phenoxy) is 1. The molecule has 1 rings (SSSR count). The van der Waals surface area contributed by atoms with Crippen molar-refractivity contribution >= 4 is 21.9 Å². The van der Waals surface area contributed by atoms with Crippen LogP contribution in [0.4, 0.5) is 0 Å². The summed E-state index contributed by atoms with van der Waals surface area (Å²) in [5.41, 5.74) is 1.78. The summed E-state index contributed by atoms with van der Waals surface area (Å²) in [6, 6.07) is 4.64. The average molecular weight is 338 g/mol. The van der Waals surface area contributed by atoms with Gasteiger partial charge in [-0.2, -0.15) is 4.72 Å². The highest BCUT2D eigenvalue weighted by molar-refractivity contribution is 7.89. The predicted octanol–water partition coefficient (Wildman–Crippen LogP) is -0.126. The van der Waals surface area contributed by atoms with Crippen LogP contribution in [0, 0.1) is 26.2 Å². The minimum absolute atomic E-state index is 0.0236. The topological polar surface area (TPSA) is 102 Å². The van der Waals surface area contributed by atoms with Crippen LogP contribution in [0.5, 0.6) is 0 Å². The average Bonchev–Trinajstić information content (AvgIpc) is 2.51. The molecule has 0 atom stereocenters. The maximum Gasteiger partial charge on any atom is 0.321 e. The number of sulfonamides is 1. The Morgan fingerprint density at radius 3 is 2.57 bits per heavy atom.